The second-order valence-electron chi connectivity index (χ2n) is 2.63. The van der Waals surface area contributed by atoms with Crippen LogP contribution in [0.15, 0.2) is 22.7 Å². The molecule has 1 N–H and O–H groups in total. The van der Waals surface area contributed by atoms with Crippen LogP contribution in [0.25, 0.3) is 0 Å². The number of benzene rings is 1. The average Bonchev–Trinajstić information content (AvgIpc) is 2.20. The molecule has 0 aliphatic rings. The van der Waals surface area contributed by atoms with E-state index in [1.54, 1.807) is 7.11 Å². The van der Waals surface area contributed by atoms with E-state index in [4.69, 9.17) is 4.74 Å². The van der Waals surface area contributed by atoms with E-state index >= 15 is 0 Å². The normalized spacial score (nSPS) is 8.79. The van der Waals surface area contributed by atoms with Gasteiger partial charge in [-0.3, -0.25) is 0 Å². The molecule has 0 saturated carbocycles. The second kappa shape index (κ2) is 5.56. The summed E-state index contributed by atoms with van der Waals surface area (Å²) in [6.07, 6.45) is 0. The van der Waals surface area contributed by atoms with Crippen molar-refractivity contribution in [2.24, 2.45) is 0 Å². The number of methoxy groups -OCH3 is 1. The van der Waals surface area contributed by atoms with Gasteiger partial charge in [0, 0.05) is 10.2 Å². The van der Waals surface area contributed by atoms with Gasteiger partial charge in [0.1, 0.15) is 5.75 Å². The van der Waals surface area contributed by atoms with Crippen molar-refractivity contribution in [2.75, 3.05) is 19.0 Å². The van der Waals surface area contributed by atoms with Gasteiger partial charge in [-0.15, -0.1) is 5.92 Å². The van der Waals surface area contributed by atoms with E-state index in [-0.39, 0.29) is 0 Å². The second-order valence-corrected chi connectivity index (χ2v) is 3.48. The third-order valence-corrected chi connectivity index (χ3v) is 2.38. The molecule has 0 fully saturated rings. The highest BCUT2D eigenvalue weighted by Crippen LogP contribution is 2.26. The summed E-state index contributed by atoms with van der Waals surface area (Å²) in [4.78, 5) is 0. The average molecular weight is 254 g/mol. The molecule has 14 heavy (non-hydrogen) atoms. The van der Waals surface area contributed by atoms with Crippen LogP contribution < -0.4 is 10.1 Å². The number of hydrogen-bond acceptors (Lipinski definition) is 2. The van der Waals surface area contributed by atoms with Crippen LogP contribution in [-0.4, -0.2) is 13.7 Å². The lowest BCUT2D eigenvalue weighted by Crippen LogP contribution is -1.99. The van der Waals surface area contributed by atoms with Crippen molar-refractivity contribution in [3.63, 3.8) is 0 Å². The Hall–Kier alpha value is -1.14. The Labute approximate surface area is 92.8 Å². The van der Waals surface area contributed by atoms with Gasteiger partial charge in [0.2, 0.25) is 0 Å². The van der Waals surface area contributed by atoms with Gasteiger partial charge in [-0.2, -0.15) is 0 Å². The van der Waals surface area contributed by atoms with E-state index in [1.165, 1.54) is 0 Å². The summed E-state index contributed by atoms with van der Waals surface area (Å²) in [5.74, 6) is 6.60. The van der Waals surface area contributed by atoms with Crippen LogP contribution >= 0.6 is 15.9 Å². The van der Waals surface area contributed by atoms with E-state index < -0.39 is 0 Å². The molecule has 3 heteroatoms. The van der Waals surface area contributed by atoms with Crippen molar-refractivity contribution in [1.29, 1.82) is 0 Å². The zero-order chi connectivity index (χ0) is 10.4. The van der Waals surface area contributed by atoms with Crippen LogP contribution in [-0.2, 0) is 0 Å². The van der Waals surface area contributed by atoms with Crippen LogP contribution in [0.5, 0.6) is 5.75 Å². The van der Waals surface area contributed by atoms with Crippen molar-refractivity contribution >= 4 is 21.6 Å². The van der Waals surface area contributed by atoms with E-state index in [9.17, 15) is 0 Å². The molecule has 2 nitrogen and oxygen atoms in total. The summed E-state index contributed by atoms with van der Waals surface area (Å²) in [5.41, 5.74) is 1.02. The molecule has 0 unspecified atom stereocenters. The molecule has 0 aliphatic heterocycles. The van der Waals surface area contributed by atoms with Crippen molar-refractivity contribution < 1.29 is 4.74 Å². The first kappa shape index (κ1) is 10.9. The molecule has 0 bridgehead atoms. The van der Waals surface area contributed by atoms with Gasteiger partial charge in [0.05, 0.1) is 13.7 Å². The molecular weight excluding hydrogens is 242 g/mol. The summed E-state index contributed by atoms with van der Waals surface area (Å²) in [5, 5.41) is 3.19. The monoisotopic (exact) mass is 253 g/mol. The van der Waals surface area contributed by atoms with Crippen LogP contribution in [0.4, 0.5) is 5.69 Å². The van der Waals surface area contributed by atoms with E-state index in [1.807, 2.05) is 25.1 Å². The largest absolute Gasteiger partial charge is 0.497 e. The summed E-state index contributed by atoms with van der Waals surface area (Å²) in [6.45, 7) is 2.48. The predicted molar refractivity (Wildman–Crippen MR) is 62.6 cm³/mol. The van der Waals surface area contributed by atoms with E-state index in [2.05, 4.69) is 33.1 Å². The Bertz CT molecular complexity index is 365. The molecule has 1 aromatic carbocycles. The minimum Gasteiger partial charge on any atom is -0.497 e. The number of halogens is 1. The van der Waals surface area contributed by atoms with Gasteiger partial charge >= 0.3 is 0 Å². The molecule has 1 aromatic rings. The number of rotatable bonds is 3. The summed E-state index contributed by atoms with van der Waals surface area (Å²) >= 11 is 3.45. The van der Waals surface area contributed by atoms with Crippen molar-refractivity contribution in [2.45, 2.75) is 6.92 Å². The Morgan fingerprint density at radius 3 is 2.86 bits per heavy atom. The van der Waals surface area contributed by atoms with Gasteiger partial charge in [0.25, 0.3) is 0 Å². The fourth-order valence-electron chi connectivity index (χ4n) is 0.994. The lowest BCUT2D eigenvalue weighted by atomic mass is 10.3. The first-order valence-electron chi connectivity index (χ1n) is 4.25. The zero-order valence-electron chi connectivity index (χ0n) is 8.23. The van der Waals surface area contributed by atoms with Crippen LogP contribution in [0, 0.1) is 11.8 Å². The SMILES string of the molecule is CC#CCNc1ccc(OC)cc1Br. The van der Waals surface area contributed by atoms with E-state index in [0.717, 1.165) is 15.9 Å². The summed E-state index contributed by atoms with van der Waals surface area (Å²) in [7, 11) is 1.65. The Morgan fingerprint density at radius 2 is 2.29 bits per heavy atom. The molecular formula is C11H12BrNO. The Morgan fingerprint density at radius 1 is 1.50 bits per heavy atom. The number of nitrogens with one attached hydrogen (secondary N) is 1. The number of anilines is 1. The standard InChI is InChI=1S/C11H12BrNO/c1-3-4-7-13-11-6-5-9(14-2)8-10(11)12/h5-6,8,13H,7H2,1-2H3. The van der Waals surface area contributed by atoms with Crippen LogP contribution in [0.2, 0.25) is 0 Å². The zero-order valence-corrected chi connectivity index (χ0v) is 9.81. The lowest BCUT2D eigenvalue weighted by Gasteiger charge is -2.07. The van der Waals surface area contributed by atoms with Gasteiger partial charge in [-0.05, 0) is 41.1 Å². The minimum atomic E-state index is 0.654. The van der Waals surface area contributed by atoms with Crippen LogP contribution in [0.3, 0.4) is 0 Å². The fourth-order valence-corrected chi connectivity index (χ4v) is 1.49. The lowest BCUT2D eigenvalue weighted by molar-refractivity contribution is 0.414. The number of ether oxygens (including phenoxy) is 1. The number of hydrogen-bond donors (Lipinski definition) is 1. The molecule has 0 aromatic heterocycles. The molecule has 74 valence electrons. The topological polar surface area (TPSA) is 21.3 Å². The fraction of sp³-hybridized carbons (Fsp3) is 0.273. The maximum absolute atomic E-state index is 5.09. The van der Waals surface area contributed by atoms with Crippen molar-refractivity contribution in [3.05, 3.63) is 22.7 Å². The highest BCUT2D eigenvalue weighted by molar-refractivity contribution is 9.10. The van der Waals surface area contributed by atoms with Gasteiger partial charge in [-0.1, -0.05) is 5.92 Å². The maximum Gasteiger partial charge on any atom is 0.120 e. The molecule has 0 radical (unpaired) electrons. The molecule has 0 saturated heterocycles. The van der Waals surface area contributed by atoms with Crippen molar-refractivity contribution in [3.8, 4) is 17.6 Å². The smallest absolute Gasteiger partial charge is 0.120 e. The van der Waals surface area contributed by atoms with Gasteiger partial charge in [0.15, 0.2) is 0 Å². The first-order valence-corrected chi connectivity index (χ1v) is 5.04. The van der Waals surface area contributed by atoms with Crippen LogP contribution in [0.1, 0.15) is 6.92 Å². The summed E-state index contributed by atoms with van der Waals surface area (Å²) in [6, 6.07) is 5.79. The Balaban J connectivity index is 2.71. The Kier molecular flexibility index (Phi) is 4.34. The first-order chi connectivity index (χ1) is 6.77. The third-order valence-electron chi connectivity index (χ3n) is 1.72. The van der Waals surface area contributed by atoms with Crippen molar-refractivity contribution in [1.82, 2.24) is 0 Å². The highest BCUT2D eigenvalue weighted by atomic mass is 79.9. The molecule has 0 amide bonds. The molecule has 0 atom stereocenters. The molecule has 1 rings (SSSR count). The highest BCUT2D eigenvalue weighted by Gasteiger charge is 1.99. The molecule has 0 aliphatic carbocycles. The van der Waals surface area contributed by atoms with Gasteiger partial charge < -0.3 is 10.1 Å². The summed E-state index contributed by atoms with van der Waals surface area (Å²) < 4.78 is 6.07. The molecule has 0 spiro atoms. The van der Waals surface area contributed by atoms with E-state index in [0.29, 0.717) is 6.54 Å². The maximum atomic E-state index is 5.09. The quantitative estimate of drug-likeness (QED) is 0.837. The molecule has 0 heterocycles. The predicted octanol–water partition coefficient (Wildman–Crippen LogP) is 2.89. The van der Waals surface area contributed by atoms with Gasteiger partial charge in [-0.25, -0.2) is 0 Å². The minimum absolute atomic E-state index is 0.654. The third kappa shape index (κ3) is 2.97.